The fourth-order valence-corrected chi connectivity index (χ4v) is 8.62. The summed E-state index contributed by atoms with van der Waals surface area (Å²) in [6.07, 6.45) is 7.76. The summed E-state index contributed by atoms with van der Waals surface area (Å²) in [5, 5.41) is 46.2. The number of hydrogen-bond donors (Lipinski definition) is 6. The molecule has 14 heteroatoms. The van der Waals surface area contributed by atoms with Gasteiger partial charge in [0.1, 0.15) is 34.4 Å². The standard InChI is InChI=1S/C18H20ClNO2.C18H20ClNO.C17H18ClNO2.C17H18ClNO/c1-4-18(2,3)13-7-5-12(6-8-13)17(22)20-15-11-14(19)9-10-16(15)21;1-4-18(2,3)14-7-5-13(6-8-14)12-20-16-11-15(19)9-10-17(16)21;1-3-11(2)12-4-6-13(7-5-12)17(21)19-15-10-14(18)8-9-16(15)20;1-3-12(2)14-6-4-13(5-7-14)11-19-16-10-15(18)8-9-17(16)20/h5-11,21H,4H2,1-3H3,(H,20,22);5-12,21H,4H2,1-3H3;4-11,20H,3H2,1-2H3,(H,19,21);4-12,20H,3H2,1-2H3. The molecule has 0 aromatic heterocycles. The van der Waals surface area contributed by atoms with Crippen LogP contribution in [0.1, 0.15) is 161 Å². The molecule has 84 heavy (non-hydrogen) atoms. The average molecular weight is 1210 g/mol. The van der Waals surface area contributed by atoms with E-state index < -0.39 is 0 Å². The summed E-state index contributed by atoms with van der Waals surface area (Å²) >= 11 is 23.5. The number of benzene rings is 8. The summed E-state index contributed by atoms with van der Waals surface area (Å²) in [6, 6.07) is 50.4. The number of aliphatic imine (C=N–C) groups is 2. The van der Waals surface area contributed by atoms with E-state index >= 15 is 0 Å². The molecule has 0 aliphatic heterocycles. The molecular weight excluding hydrogens is 1130 g/mol. The van der Waals surface area contributed by atoms with Gasteiger partial charge in [-0.05, 0) is 179 Å². The molecule has 2 atom stereocenters. The van der Waals surface area contributed by atoms with Crippen molar-refractivity contribution in [2.24, 2.45) is 9.98 Å². The second kappa shape index (κ2) is 31.9. The molecule has 2 amide bonds. The van der Waals surface area contributed by atoms with Crippen molar-refractivity contribution in [3.63, 3.8) is 0 Å². The van der Waals surface area contributed by atoms with E-state index in [9.17, 15) is 30.0 Å². The monoisotopic (exact) mass is 1210 g/mol. The molecule has 0 bridgehead atoms. The number of nitrogens with zero attached hydrogens (tertiary/aromatic N) is 2. The van der Waals surface area contributed by atoms with Gasteiger partial charge in [-0.1, -0.05) is 188 Å². The first kappa shape index (κ1) is 67.2. The number of carbonyl (C=O) groups excluding carboxylic acids is 2. The van der Waals surface area contributed by atoms with Gasteiger partial charge in [0, 0.05) is 43.6 Å². The van der Waals surface area contributed by atoms with Crippen LogP contribution in [0.15, 0.2) is 180 Å². The van der Waals surface area contributed by atoms with Crippen LogP contribution in [0.25, 0.3) is 0 Å². The topological polar surface area (TPSA) is 164 Å². The highest BCUT2D eigenvalue weighted by Crippen LogP contribution is 2.33. The molecular formula is C70H76Cl4N4O6. The van der Waals surface area contributed by atoms with Gasteiger partial charge < -0.3 is 31.1 Å². The number of carbonyl (C=O) groups is 2. The number of phenols is 4. The van der Waals surface area contributed by atoms with E-state index in [0.29, 0.717) is 65.8 Å². The lowest BCUT2D eigenvalue weighted by Gasteiger charge is -2.23. The van der Waals surface area contributed by atoms with Crippen molar-refractivity contribution >= 4 is 93.4 Å². The van der Waals surface area contributed by atoms with E-state index in [1.54, 1.807) is 85.2 Å². The molecule has 0 fully saturated rings. The molecule has 6 N–H and O–H groups in total. The highest BCUT2D eigenvalue weighted by atomic mass is 35.5. The van der Waals surface area contributed by atoms with Crippen LogP contribution >= 0.6 is 46.4 Å². The minimum Gasteiger partial charge on any atom is -0.506 e. The lowest BCUT2D eigenvalue weighted by Crippen LogP contribution is -2.16. The van der Waals surface area contributed by atoms with Gasteiger partial charge in [-0.25, -0.2) is 0 Å². The summed E-state index contributed by atoms with van der Waals surface area (Å²) < 4.78 is 0. The van der Waals surface area contributed by atoms with E-state index in [2.05, 4.69) is 114 Å². The fraction of sp³-hybridized carbons (Fsp3) is 0.257. The Balaban J connectivity index is 0.000000205. The Morgan fingerprint density at radius 3 is 1.08 bits per heavy atom. The molecule has 10 nitrogen and oxygen atoms in total. The third-order valence-corrected chi connectivity index (χ3v) is 15.8. The maximum atomic E-state index is 12.2. The van der Waals surface area contributed by atoms with Crippen molar-refractivity contribution in [2.75, 3.05) is 10.6 Å². The van der Waals surface area contributed by atoms with Crippen molar-refractivity contribution in [3.8, 4) is 23.0 Å². The molecule has 0 saturated heterocycles. The molecule has 0 radical (unpaired) electrons. The Morgan fingerprint density at radius 2 is 0.738 bits per heavy atom. The second-order valence-corrected chi connectivity index (χ2v) is 23.3. The van der Waals surface area contributed by atoms with Crippen LogP contribution in [-0.2, 0) is 10.8 Å². The normalized spacial score (nSPS) is 12.0. The first-order valence-corrected chi connectivity index (χ1v) is 29.4. The molecule has 0 aliphatic carbocycles. The molecule has 0 spiro atoms. The molecule has 8 aromatic rings. The summed E-state index contributed by atoms with van der Waals surface area (Å²) in [7, 11) is 0. The third kappa shape index (κ3) is 20.3. The molecule has 8 aromatic carbocycles. The lowest BCUT2D eigenvalue weighted by molar-refractivity contribution is 0.101. The lowest BCUT2D eigenvalue weighted by atomic mass is 9.82. The number of amides is 2. The SMILES string of the molecule is CCC(C)(C)c1ccc(C(=O)Nc2cc(Cl)ccc2O)cc1.CCC(C)(C)c1ccc(C=Nc2cc(Cl)ccc2O)cc1.CCC(C)c1ccc(C(=O)Nc2cc(Cl)ccc2O)cc1.CCC(C)c1ccc(C=Nc2cc(Cl)ccc2O)cc1. The van der Waals surface area contributed by atoms with Crippen LogP contribution in [0, 0.1) is 0 Å². The van der Waals surface area contributed by atoms with Crippen molar-refractivity contribution in [3.05, 3.63) is 234 Å². The minimum absolute atomic E-state index is 0.0102. The van der Waals surface area contributed by atoms with Gasteiger partial charge in [0.05, 0.1) is 11.4 Å². The zero-order valence-corrected chi connectivity index (χ0v) is 52.3. The number of halogens is 4. The van der Waals surface area contributed by atoms with E-state index in [1.165, 1.54) is 46.5 Å². The van der Waals surface area contributed by atoms with E-state index in [1.807, 2.05) is 48.5 Å². The van der Waals surface area contributed by atoms with Gasteiger partial charge in [0.15, 0.2) is 0 Å². The smallest absolute Gasteiger partial charge is 0.255 e. The predicted molar refractivity (Wildman–Crippen MR) is 353 cm³/mol. The van der Waals surface area contributed by atoms with E-state index in [4.69, 9.17) is 46.4 Å². The Kier molecular flexibility index (Phi) is 25.5. The number of rotatable bonds is 16. The van der Waals surface area contributed by atoms with Crippen LogP contribution < -0.4 is 10.6 Å². The van der Waals surface area contributed by atoms with Crippen LogP contribution in [0.3, 0.4) is 0 Å². The molecule has 0 aliphatic rings. The predicted octanol–water partition coefficient (Wildman–Crippen LogP) is 20.6. The van der Waals surface area contributed by atoms with Crippen LogP contribution in [0.2, 0.25) is 20.1 Å². The first-order chi connectivity index (χ1) is 39.9. The maximum Gasteiger partial charge on any atom is 0.255 e. The van der Waals surface area contributed by atoms with Gasteiger partial charge in [-0.15, -0.1) is 0 Å². The Hall–Kier alpha value is -7.60. The van der Waals surface area contributed by atoms with Gasteiger partial charge in [0.2, 0.25) is 0 Å². The first-order valence-electron chi connectivity index (χ1n) is 27.9. The van der Waals surface area contributed by atoms with Crippen LogP contribution in [-0.4, -0.2) is 44.7 Å². The molecule has 0 heterocycles. The minimum atomic E-state index is -0.279. The average Bonchev–Trinajstić information content (AvgIpc) is 3.60. The Bertz CT molecular complexity index is 3490. The van der Waals surface area contributed by atoms with Gasteiger partial charge in [0.25, 0.3) is 11.8 Å². The maximum absolute atomic E-state index is 12.2. The summed E-state index contributed by atoms with van der Waals surface area (Å²) in [5.74, 6) is 0.713. The number of aromatic hydroxyl groups is 4. The van der Waals surface area contributed by atoms with E-state index in [-0.39, 0.29) is 45.6 Å². The fourth-order valence-electron chi connectivity index (χ4n) is 7.94. The Morgan fingerprint density at radius 1 is 0.440 bits per heavy atom. The molecule has 440 valence electrons. The largest absolute Gasteiger partial charge is 0.506 e. The third-order valence-electron chi connectivity index (χ3n) is 14.9. The summed E-state index contributed by atoms with van der Waals surface area (Å²) in [4.78, 5) is 33.0. The second-order valence-electron chi connectivity index (χ2n) is 21.6. The Labute approximate surface area is 515 Å². The number of anilines is 2. The quantitative estimate of drug-likeness (QED) is 0.0417. The van der Waals surface area contributed by atoms with Gasteiger partial charge in [-0.3, -0.25) is 19.6 Å². The van der Waals surface area contributed by atoms with Crippen molar-refractivity contribution in [1.29, 1.82) is 0 Å². The van der Waals surface area contributed by atoms with E-state index in [0.717, 1.165) is 36.8 Å². The zero-order chi connectivity index (χ0) is 61.7. The van der Waals surface area contributed by atoms with Gasteiger partial charge >= 0.3 is 0 Å². The molecule has 0 saturated carbocycles. The van der Waals surface area contributed by atoms with Crippen molar-refractivity contribution < 1.29 is 30.0 Å². The highest BCUT2D eigenvalue weighted by Gasteiger charge is 2.20. The number of hydrogen-bond acceptors (Lipinski definition) is 8. The van der Waals surface area contributed by atoms with Crippen molar-refractivity contribution in [1.82, 2.24) is 0 Å². The number of phenolic OH excluding ortho intramolecular Hbond substituents is 4. The van der Waals surface area contributed by atoms with Crippen LogP contribution in [0.5, 0.6) is 23.0 Å². The summed E-state index contributed by atoms with van der Waals surface area (Å²) in [6.45, 7) is 21.8. The zero-order valence-electron chi connectivity index (χ0n) is 49.3. The molecule has 8 rings (SSSR count). The molecule has 2 unspecified atom stereocenters. The van der Waals surface area contributed by atoms with Gasteiger partial charge in [-0.2, -0.15) is 0 Å². The number of nitrogens with one attached hydrogen (secondary N) is 2. The van der Waals surface area contributed by atoms with Crippen LogP contribution in [0.4, 0.5) is 22.7 Å². The highest BCUT2D eigenvalue weighted by molar-refractivity contribution is 6.32. The van der Waals surface area contributed by atoms with Crippen molar-refractivity contribution in [2.45, 2.75) is 118 Å². The summed E-state index contributed by atoms with van der Waals surface area (Å²) in [5.41, 5.74) is 9.93.